The van der Waals surface area contributed by atoms with E-state index in [1.165, 1.54) is 0 Å². The van der Waals surface area contributed by atoms with Crippen LogP contribution in [0, 0.1) is 12.8 Å². The lowest BCUT2D eigenvalue weighted by Crippen LogP contribution is -2.25. The lowest BCUT2D eigenvalue weighted by atomic mass is 9.89. The van der Waals surface area contributed by atoms with Crippen LogP contribution >= 0.6 is 0 Å². The predicted molar refractivity (Wildman–Crippen MR) is 109 cm³/mol. The molecule has 2 atom stereocenters. The molecule has 3 N–H and O–H groups in total. The Balaban J connectivity index is 1.59. The van der Waals surface area contributed by atoms with E-state index < -0.39 is 9.84 Å². The molecule has 148 valence electrons. The molecule has 4 rings (SSSR count). The van der Waals surface area contributed by atoms with Crippen LogP contribution in [-0.2, 0) is 16.4 Å². The highest BCUT2D eigenvalue weighted by Crippen LogP contribution is 2.30. The Bertz CT molecular complexity index is 1050. The molecule has 2 aliphatic rings. The number of aliphatic imine (C=N–C) groups is 1. The number of aromatic nitrogens is 1. The minimum atomic E-state index is -3.39. The highest BCUT2D eigenvalue weighted by molar-refractivity contribution is 7.91. The zero-order chi connectivity index (χ0) is 19.9. The van der Waals surface area contributed by atoms with Crippen molar-refractivity contribution in [2.75, 3.05) is 5.75 Å². The van der Waals surface area contributed by atoms with Crippen molar-refractivity contribution in [1.82, 2.24) is 4.98 Å². The van der Waals surface area contributed by atoms with Crippen LogP contribution in [0.5, 0.6) is 0 Å². The lowest BCUT2D eigenvalue weighted by Gasteiger charge is -2.25. The Morgan fingerprint density at radius 1 is 1.21 bits per heavy atom. The molecule has 1 aliphatic carbocycles. The van der Waals surface area contributed by atoms with Crippen molar-refractivity contribution in [3.63, 3.8) is 0 Å². The van der Waals surface area contributed by atoms with Gasteiger partial charge in [0, 0.05) is 11.1 Å². The van der Waals surface area contributed by atoms with Crippen LogP contribution < -0.4 is 5.73 Å². The summed E-state index contributed by atoms with van der Waals surface area (Å²) in [6.07, 6.45) is 2.71. The van der Waals surface area contributed by atoms with Crippen LogP contribution in [-0.4, -0.2) is 36.2 Å². The summed E-state index contributed by atoms with van der Waals surface area (Å²) >= 11 is 0. The highest BCUT2D eigenvalue weighted by atomic mass is 32.2. The number of aryl methyl sites for hydroxylation is 1. The largest absolute Gasteiger partial charge is 0.393 e. The van der Waals surface area contributed by atoms with Gasteiger partial charge in [-0.3, -0.25) is 4.99 Å². The van der Waals surface area contributed by atoms with Crippen molar-refractivity contribution in [3.8, 4) is 11.3 Å². The normalized spacial score (nSPS) is 22.0. The third-order valence-electron chi connectivity index (χ3n) is 5.68. The van der Waals surface area contributed by atoms with Crippen molar-refractivity contribution < 1.29 is 13.5 Å². The van der Waals surface area contributed by atoms with Crippen molar-refractivity contribution >= 4 is 15.7 Å². The number of aliphatic hydroxyl groups excluding tert-OH is 1. The number of hydrogen-bond donors (Lipinski definition) is 2. The van der Waals surface area contributed by atoms with Crippen LogP contribution in [0.1, 0.15) is 42.5 Å². The molecule has 0 spiro atoms. The first-order valence-electron chi connectivity index (χ1n) is 9.65. The molecular formula is C21H25N3O3S. The van der Waals surface area contributed by atoms with Gasteiger partial charge in [0.05, 0.1) is 29.0 Å². The molecule has 0 amide bonds. The summed E-state index contributed by atoms with van der Waals surface area (Å²) in [4.78, 5) is 9.16. The highest BCUT2D eigenvalue weighted by Gasteiger charge is 2.27. The van der Waals surface area contributed by atoms with Gasteiger partial charge < -0.3 is 10.8 Å². The van der Waals surface area contributed by atoms with E-state index in [0.717, 1.165) is 41.6 Å². The van der Waals surface area contributed by atoms with E-state index in [4.69, 9.17) is 5.73 Å². The number of amidine groups is 1. The first-order valence-corrected chi connectivity index (χ1v) is 11.3. The van der Waals surface area contributed by atoms with Gasteiger partial charge >= 0.3 is 0 Å². The van der Waals surface area contributed by atoms with Crippen LogP contribution in [0.4, 0.5) is 0 Å². The Morgan fingerprint density at radius 3 is 2.79 bits per heavy atom. The van der Waals surface area contributed by atoms with Crippen LogP contribution in [0.3, 0.4) is 0 Å². The molecule has 0 bridgehead atoms. The monoisotopic (exact) mass is 399 g/mol. The third kappa shape index (κ3) is 3.69. The fourth-order valence-electron chi connectivity index (χ4n) is 4.17. The third-order valence-corrected chi connectivity index (χ3v) is 7.57. The van der Waals surface area contributed by atoms with Crippen LogP contribution in [0.25, 0.3) is 11.3 Å². The Hall–Kier alpha value is -2.25. The molecular weight excluding hydrogens is 374 g/mol. The van der Waals surface area contributed by atoms with Crippen LogP contribution in [0.2, 0.25) is 0 Å². The van der Waals surface area contributed by atoms with Gasteiger partial charge in [-0.15, -0.1) is 0 Å². The SMILES string of the molecule is Cc1cc(S(=O)(=O)CC2CCCC(O)C2)ccc1-c1ccc2c(n1)C(N)=NC2. The van der Waals surface area contributed by atoms with Crippen molar-refractivity contribution in [1.29, 1.82) is 0 Å². The Kier molecular flexibility index (Phi) is 4.97. The minimum absolute atomic E-state index is 0.0226. The van der Waals surface area contributed by atoms with E-state index >= 15 is 0 Å². The molecule has 2 heterocycles. The second kappa shape index (κ2) is 7.29. The van der Waals surface area contributed by atoms with Gasteiger partial charge in [0.25, 0.3) is 0 Å². The summed E-state index contributed by atoms with van der Waals surface area (Å²) in [5.74, 6) is 0.560. The molecule has 28 heavy (non-hydrogen) atoms. The number of hydrogen-bond acceptors (Lipinski definition) is 6. The van der Waals surface area contributed by atoms with E-state index in [1.807, 2.05) is 25.1 Å². The van der Waals surface area contributed by atoms with Gasteiger partial charge in [-0.05, 0) is 55.9 Å². The molecule has 1 aliphatic heterocycles. The maximum atomic E-state index is 12.9. The smallest absolute Gasteiger partial charge is 0.178 e. The van der Waals surface area contributed by atoms with Gasteiger partial charge in [0.15, 0.2) is 9.84 Å². The maximum Gasteiger partial charge on any atom is 0.178 e. The fraction of sp³-hybridized carbons (Fsp3) is 0.429. The molecule has 2 unspecified atom stereocenters. The topological polar surface area (TPSA) is 106 Å². The summed E-state index contributed by atoms with van der Waals surface area (Å²) < 4.78 is 25.7. The number of rotatable bonds is 4. The molecule has 0 radical (unpaired) electrons. The second-order valence-electron chi connectivity index (χ2n) is 7.85. The number of fused-ring (bicyclic) bond motifs is 1. The van der Waals surface area contributed by atoms with Crippen LogP contribution in [0.15, 0.2) is 40.2 Å². The first kappa shape index (κ1) is 19.1. The molecule has 1 fully saturated rings. The molecule has 0 saturated heterocycles. The zero-order valence-electron chi connectivity index (χ0n) is 15.9. The van der Waals surface area contributed by atoms with E-state index in [9.17, 15) is 13.5 Å². The van der Waals surface area contributed by atoms with E-state index in [-0.39, 0.29) is 17.8 Å². The predicted octanol–water partition coefficient (Wildman–Crippen LogP) is 2.60. The van der Waals surface area contributed by atoms with Crippen molar-refractivity contribution in [3.05, 3.63) is 47.2 Å². The molecule has 1 aromatic heterocycles. The number of benzene rings is 1. The van der Waals surface area contributed by atoms with Gasteiger partial charge in [0.2, 0.25) is 0 Å². The molecule has 1 aromatic carbocycles. The quantitative estimate of drug-likeness (QED) is 0.822. The molecule has 6 nitrogen and oxygen atoms in total. The van der Waals surface area contributed by atoms with E-state index in [1.54, 1.807) is 12.1 Å². The zero-order valence-corrected chi connectivity index (χ0v) is 16.7. The second-order valence-corrected chi connectivity index (χ2v) is 9.88. The van der Waals surface area contributed by atoms with Crippen molar-refractivity contribution in [2.45, 2.75) is 50.2 Å². The number of nitrogens with zero attached hydrogens (tertiary/aromatic N) is 2. The fourth-order valence-corrected chi connectivity index (χ4v) is 5.92. The Morgan fingerprint density at radius 2 is 2.04 bits per heavy atom. The van der Waals surface area contributed by atoms with Crippen molar-refractivity contribution in [2.24, 2.45) is 16.6 Å². The summed E-state index contributed by atoms with van der Waals surface area (Å²) in [6, 6.07) is 9.08. The van der Waals surface area contributed by atoms with Gasteiger partial charge in [-0.1, -0.05) is 18.6 Å². The summed E-state index contributed by atoms with van der Waals surface area (Å²) in [7, 11) is -3.39. The average molecular weight is 400 g/mol. The summed E-state index contributed by atoms with van der Waals surface area (Å²) in [6.45, 7) is 2.45. The average Bonchev–Trinajstić information content (AvgIpc) is 3.02. The number of aliphatic hydroxyl groups is 1. The van der Waals surface area contributed by atoms with E-state index in [2.05, 4.69) is 9.98 Å². The van der Waals surface area contributed by atoms with E-state index in [0.29, 0.717) is 29.4 Å². The van der Waals surface area contributed by atoms with Gasteiger partial charge in [-0.2, -0.15) is 0 Å². The number of nitrogens with two attached hydrogens (primary N) is 1. The first-order chi connectivity index (χ1) is 13.3. The number of sulfone groups is 1. The standard InChI is InChI=1S/C21H25N3O3S/c1-13-9-17(28(26,27)12-14-3-2-4-16(25)10-14)6-7-18(13)19-8-5-15-11-23-21(22)20(15)24-19/h5-9,14,16,25H,2-4,10-12H2,1H3,(H2,22,23). The lowest BCUT2D eigenvalue weighted by molar-refractivity contribution is 0.107. The minimum Gasteiger partial charge on any atom is -0.393 e. The number of pyridine rings is 1. The van der Waals surface area contributed by atoms with Gasteiger partial charge in [-0.25, -0.2) is 13.4 Å². The molecule has 1 saturated carbocycles. The molecule has 2 aromatic rings. The molecule has 7 heteroatoms. The van der Waals surface area contributed by atoms with Gasteiger partial charge in [0.1, 0.15) is 11.5 Å². The summed E-state index contributed by atoms with van der Waals surface area (Å²) in [5, 5.41) is 9.82. The maximum absolute atomic E-state index is 12.9. The Labute approximate surface area is 165 Å². The summed E-state index contributed by atoms with van der Waals surface area (Å²) in [5.41, 5.74) is 10.1.